The standard InChI is InChI=1S/C21H25N5/c1-2-5-18(6-3-1)17-26-14-10-21(24-26)23-20-8-12-25(13-9-20)16-19-7-4-11-22-15-19/h1-7,10-11,14-15,20H,8-9,12-13,16-17H2,(H,23,24). The van der Waals surface area contributed by atoms with Gasteiger partial charge in [-0.15, -0.1) is 0 Å². The van der Waals surface area contributed by atoms with Crippen LogP contribution in [-0.4, -0.2) is 38.8 Å². The SMILES string of the molecule is c1ccc(Cn2ccc(NC3CCN(Cc4cccnc4)CC3)n2)cc1. The third-order valence-electron chi connectivity index (χ3n) is 4.90. The molecule has 1 fully saturated rings. The average molecular weight is 347 g/mol. The molecule has 26 heavy (non-hydrogen) atoms. The maximum Gasteiger partial charge on any atom is 0.148 e. The van der Waals surface area contributed by atoms with Gasteiger partial charge in [-0.05, 0) is 30.0 Å². The molecule has 0 atom stereocenters. The molecular formula is C21H25N5. The zero-order valence-electron chi connectivity index (χ0n) is 15.0. The van der Waals surface area contributed by atoms with E-state index in [9.17, 15) is 0 Å². The normalized spacial score (nSPS) is 15.8. The highest BCUT2D eigenvalue weighted by molar-refractivity contribution is 5.34. The van der Waals surface area contributed by atoms with E-state index in [0.29, 0.717) is 6.04 Å². The lowest BCUT2D eigenvalue weighted by Gasteiger charge is -2.32. The Balaban J connectivity index is 1.26. The van der Waals surface area contributed by atoms with E-state index >= 15 is 0 Å². The summed E-state index contributed by atoms with van der Waals surface area (Å²) in [6, 6.07) is 17.2. The number of hydrogen-bond donors (Lipinski definition) is 1. The monoisotopic (exact) mass is 347 g/mol. The van der Waals surface area contributed by atoms with Crippen LogP contribution in [0.2, 0.25) is 0 Å². The van der Waals surface area contributed by atoms with Crippen molar-refractivity contribution in [2.24, 2.45) is 0 Å². The van der Waals surface area contributed by atoms with Gasteiger partial charge in [-0.2, -0.15) is 5.10 Å². The van der Waals surface area contributed by atoms with Crippen molar-refractivity contribution < 1.29 is 0 Å². The van der Waals surface area contributed by atoms with Gasteiger partial charge in [0.15, 0.2) is 0 Å². The molecule has 0 unspecified atom stereocenters. The van der Waals surface area contributed by atoms with Crippen LogP contribution in [0.3, 0.4) is 0 Å². The minimum absolute atomic E-state index is 0.500. The zero-order chi connectivity index (χ0) is 17.6. The topological polar surface area (TPSA) is 46.0 Å². The number of rotatable bonds is 6. The second kappa shape index (κ2) is 8.15. The van der Waals surface area contributed by atoms with Crippen LogP contribution in [0.4, 0.5) is 5.82 Å². The highest BCUT2D eigenvalue weighted by atomic mass is 15.3. The molecule has 0 aliphatic carbocycles. The molecule has 2 aromatic heterocycles. The number of nitrogens with zero attached hydrogens (tertiary/aromatic N) is 4. The van der Waals surface area contributed by atoms with Gasteiger partial charge in [0, 0.05) is 50.3 Å². The van der Waals surface area contributed by atoms with E-state index < -0.39 is 0 Å². The van der Waals surface area contributed by atoms with Crippen molar-refractivity contribution in [2.45, 2.75) is 32.0 Å². The Hall–Kier alpha value is -2.66. The molecule has 1 aromatic carbocycles. The molecular weight excluding hydrogens is 322 g/mol. The Kier molecular flexibility index (Phi) is 5.26. The Bertz CT molecular complexity index is 792. The average Bonchev–Trinajstić information content (AvgIpc) is 3.12. The highest BCUT2D eigenvalue weighted by Gasteiger charge is 2.19. The molecule has 1 saturated heterocycles. The molecule has 5 nitrogen and oxygen atoms in total. The van der Waals surface area contributed by atoms with E-state index in [0.717, 1.165) is 44.8 Å². The van der Waals surface area contributed by atoms with Gasteiger partial charge in [-0.1, -0.05) is 36.4 Å². The fraction of sp³-hybridized carbons (Fsp3) is 0.333. The predicted octanol–water partition coefficient (Wildman–Crippen LogP) is 3.40. The minimum Gasteiger partial charge on any atom is -0.366 e. The summed E-state index contributed by atoms with van der Waals surface area (Å²) in [6.45, 7) is 4.02. The Morgan fingerprint density at radius 3 is 2.50 bits per heavy atom. The van der Waals surface area contributed by atoms with E-state index in [4.69, 9.17) is 0 Å². The molecule has 0 amide bonds. The number of nitrogens with one attached hydrogen (secondary N) is 1. The molecule has 0 bridgehead atoms. The van der Waals surface area contributed by atoms with Crippen LogP contribution >= 0.6 is 0 Å². The molecule has 0 saturated carbocycles. The van der Waals surface area contributed by atoms with Crippen LogP contribution in [0.25, 0.3) is 0 Å². The summed E-state index contributed by atoms with van der Waals surface area (Å²) < 4.78 is 2.00. The molecule has 5 heteroatoms. The summed E-state index contributed by atoms with van der Waals surface area (Å²) in [4.78, 5) is 6.71. The van der Waals surface area contributed by atoms with Crippen LogP contribution in [-0.2, 0) is 13.1 Å². The number of benzene rings is 1. The molecule has 0 spiro atoms. The maximum atomic E-state index is 4.67. The van der Waals surface area contributed by atoms with E-state index in [1.807, 2.05) is 35.4 Å². The van der Waals surface area contributed by atoms with Crippen molar-refractivity contribution in [1.82, 2.24) is 19.7 Å². The van der Waals surface area contributed by atoms with Crippen molar-refractivity contribution in [2.75, 3.05) is 18.4 Å². The first-order valence-electron chi connectivity index (χ1n) is 9.30. The smallest absolute Gasteiger partial charge is 0.148 e. The van der Waals surface area contributed by atoms with E-state index in [2.05, 4.69) is 56.7 Å². The van der Waals surface area contributed by atoms with Crippen molar-refractivity contribution in [3.8, 4) is 0 Å². The number of pyridine rings is 1. The van der Waals surface area contributed by atoms with E-state index in [-0.39, 0.29) is 0 Å². The lowest BCUT2D eigenvalue weighted by atomic mass is 10.0. The summed E-state index contributed by atoms with van der Waals surface area (Å²) in [5.41, 5.74) is 2.56. The predicted molar refractivity (Wildman–Crippen MR) is 104 cm³/mol. The summed E-state index contributed by atoms with van der Waals surface area (Å²) in [5, 5.41) is 8.27. The molecule has 1 aliphatic rings. The number of piperidine rings is 1. The Labute approximate surface area is 154 Å². The third kappa shape index (κ3) is 4.49. The van der Waals surface area contributed by atoms with Gasteiger partial charge in [0.2, 0.25) is 0 Å². The Morgan fingerprint density at radius 2 is 1.73 bits per heavy atom. The second-order valence-corrected chi connectivity index (χ2v) is 6.94. The van der Waals surface area contributed by atoms with Crippen LogP contribution in [0, 0.1) is 0 Å². The van der Waals surface area contributed by atoms with Gasteiger partial charge in [0.25, 0.3) is 0 Å². The van der Waals surface area contributed by atoms with Gasteiger partial charge in [-0.25, -0.2) is 0 Å². The van der Waals surface area contributed by atoms with Crippen LogP contribution in [0.1, 0.15) is 24.0 Å². The van der Waals surface area contributed by atoms with E-state index in [1.165, 1.54) is 11.1 Å². The maximum absolute atomic E-state index is 4.67. The summed E-state index contributed by atoms with van der Waals surface area (Å²) in [5.74, 6) is 0.978. The van der Waals surface area contributed by atoms with Crippen molar-refractivity contribution in [3.63, 3.8) is 0 Å². The molecule has 1 aliphatic heterocycles. The van der Waals surface area contributed by atoms with Gasteiger partial charge in [-0.3, -0.25) is 14.6 Å². The fourth-order valence-corrected chi connectivity index (χ4v) is 3.49. The highest BCUT2D eigenvalue weighted by Crippen LogP contribution is 2.17. The molecule has 4 rings (SSSR count). The molecule has 3 heterocycles. The quantitative estimate of drug-likeness (QED) is 0.742. The number of hydrogen-bond acceptors (Lipinski definition) is 4. The second-order valence-electron chi connectivity index (χ2n) is 6.94. The molecule has 1 N–H and O–H groups in total. The first-order valence-corrected chi connectivity index (χ1v) is 9.30. The van der Waals surface area contributed by atoms with Crippen LogP contribution < -0.4 is 5.32 Å². The van der Waals surface area contributed by atoms with Gasteiger partial charge >= 0.3 is 0 Å². The fourth-order valence-electron chi connectivity index (χ4n) is 3.49. The summed E-state index contributed by atoms with van der Waals surface area (Å²) in [7, 11) is 0. The van der Waals surface area contributed by atoms with Crippen molar-refractivity contribution >= 4 is 5.82 Å². The van der Waals surface area contributed by atoms with Gasteiger partial charge in [0.1, 0.15) is 5.82 Å². The number of aromatic nitrogens is 3. The molecule has 134 valence electrons. The van der Waals surface area contributed by atoms with Crippen molar-refractivity contribution in [1.29, 1.82) is 0 Å². The van der Waals surface area contributed by atoms with Gasteiger partial charge < -0.3 is 5.32 Å². The largest absolute Gasteiger partial charge is 0.366 e. The van der Waals surface area contributed by atoms with E-state index in [1.54, 1.807) is 0 Å². The van der Waals surface area contributed by atoms with Gasteiger partial charge in [0.05, 0.1) is 6.54 Å². The summed E-state index contributed by atoms with van der Waals surface area (Å²) >= 11 is 0. The molecule has 3 aromatic rings. The zero-order valence-corrected chi connectivity index (χ0v) is 15.0. The number of likely N-dealkylation sites (tertiary alicyclic amines) is 1. The lowest BCUT2D eigenvalue weighted by molar-refractivity contribution is 0.211. The van der Waals surface area contributed by atoms with Crippen LogP contribution in [0.15, 0.2) is 67.1 Å². The van der Waals surface area contributed by atoms with Crippen molar-refractivity contribution in [3.05, 3.63) is 78.2 Å². The first-order chi connectivity index (χ1) is 12.8. The first kappa shape index (κ1) is 16.8. The Morgan fingerprint density at radius 1 is 0.923 bits per heavy atom. The molecule has 0 radical (unpaired) electrons. The lowest BCUT2D eigenvalue weighted by Crippen LogP contribution is -2.38. The van der Waals surface area contributed by atoms with Crippen LogP contribution in [0.5, 0.6) is 0 Å². The third-order valence-corrected chi connectivity index (χ3v) is 4.90. The summed E-state index contributed by atoms with van der Waals surface area (Å²) in [6.07, 6.45) is 8.13. The number of anilines is 1. The minimum atomic E-state index is 0.500.